The van der Waals surface area contributed by atoms with Crippen LogP contribution in [0.5, 0.6) is 0 Å². The predicted molar refractivity (Wildman–Crippen MR) is 74.7 cm³/mol. The average molecular weight is 303 g/mol. The number of aromatic nitrogens is 2. The van der Waals surface area contributed by atoms with E-state index in [1.165, 1.54) is 0 Å². The van der Waals surface area contributed by atoms with Gasteiger partial charge in [0.2, 0.25) is 0 Å². The molecule has 0 saturated heterocycles. The van der Waals surface area contributed by atoms with Gasteiger partial charge in [0, 0.05) is 15.4 Å². The van der Waals surface area contributed by atoms with Gasteiger partial charge in [-0.15, -0.1) is 0 Å². The second-order valence-corrected chi connectivity index (χ2v) is 4.96. The van der Waals surface area contributed by atoms with Crippen LogP contribution in [0.3, 0.4) is 0 Å². The number of hydrogen-bond acceptors (Lipinski definition) is 2. The fourth-order valence-corrected chi connectivity index (χ4v) is 2.38. The van der Waals surface area contributed by atoms with Crippen molar-refractivity contribution < 1.29 is 5.11 Å². The molecule has 4 heteroatoms. The van der Waals surface area contributed by atoms with Crippen molar-refractivity contribution >= 4 is 26.8 Å². The Labute approximate surface area is 113 Å². The van der Waals surface area contributed by atoms with Crippen LogP contribution in [0.25, 0.3) is 16.6 Å². The summed E-state index contributed by atoms with van der Waals surface area (Å²) in [5.41, 5.74) is 2.78. The molecule has 3 rings (SSSR count). The molecule has 0 aliphatic heterocycles. The van der Waals surface area contributed by atoms with Crippen molar-refractivity contribution in [1.29, 1.82) is 0 Å². The lowest BCUT2D eigenvalue weighted by molar-refractivity contribution is 0.281. The predicted octanol–water partition coefficient (Wildman–Crippen LogP) is 3.28. The van der Waals surface area contributed by atoms with E-state index in [4.69, 9.17) is 0 Å². The maximum atomic E-state index is 9.42. The summed E-state index contributed by atoms with van der Waals surface area (Å²) in [6, 6.07) is 13.8. The molecule has 0 radical (unpaired) electrons. The maximum Gasteiger partial charge on any atom is 0.0741 e. The van der Waals surface area contributed by atoms with Gasteiger partial charge in [0.05, 0.1) is 24.0 Å². The molecule has 0 fully saturated rings. The molecule has 0 amide bonds. The van der Waals surface area contributed by atoms with E-state index in [9.17, 15) is 5.11 Å². The largest absolute Gasteiger partial charge is 0.392 e. The topological polar surface area (TPSA) is 38.0 Å². The number of nitrogens with zero attached hydrogens (tertiary/aromatic N) is 2. The molecule has 1 heterocycles. The summed E-state index contributed by atoms with van der Waals surface area (Å²) >= 11 is 3.45. The van der Waals surface area contributed by atoms with Crippen molar-refractivity contribution in [2.45, 2.75) is 6.61 Å². The summed E-state index contributed by atoms with van der Waals surface area (Å²) in [6.07, 6.45) is 1.83. The van der Waals surface area contributed by atoms with Gasteiger partial charge in [0.25, 0.3) is 0 Å². The zero-order valence-corrected chi connectivity index (χ0v) is 11.1. The number of para-hydroxylation sites is 1. The van der Waals surface area contributed by atoms with Crippen LogP contribution in [-0.2, 0) is 6.61 Å². The van der Waals surface area contributed by atoms with Crippen LogP contribution in [0.15, 0.2) is 53.1 Å². The minimum absolute atomic E-state index is 0.00317. The van der Waals surface area contributed by atoms with Crippen molar-refractivity contribution in [2.24, 2.45) is 0 Å². The smallest absolute Gasteiger partial charge is 0.0741 e. The van der Waals surface area contributed by atoms with Crippen LogP contribution in [0, 0.1) is 0 Å². The van der Waals surface area contributed by atoms with E-state index in [0.717, 1.165) is 26.6 Å². The third kappa shape index (κ3) is 1.83. The number of hydrogen-bond donors (Lipinski definition) is 1. The molecule has 0 atom stereocenters. The minimum Gasteiger partial charge on any atom is -0.392 e. The Balaban J connectivity index is 2.29. The van der Waals surface area contributed by atoms with Gasteiger partial charge in [-0.1, -0.05) is 40.2 Å². The Bertz CT molecular complexity index is 706. The first-order valence-electron chi connectivity index (χ1n) is 5.62. The molecule has 0 saturated carbocycles. The van der Waals surface area contributed by atoms with E-state index in [1.54, 1.807) is 0 Å². The molecule has 3 aromatic rings. The summed E-state index contributed by atoms with van der Waals surface area (Å²) in [7, 11) is 0. The number of fused-ring (bicyclic) bond motifs is 1. The van der Waals surface area contributed by atoms with Crippen molar-refractivity contribution in [3.63, 3.8) is 0 Å². The first-order valence-corrected chi connectivity index (χ1v) is 6.41. The van der Waals surface area contributed by atoms with Crippen molar-refractivity contribution in [3.05, 3.63) is 58.7 Å². The molecule has 1 aromatic heterocycles. The third-order valence-electron chi connectivity index (χ3n) is 2.92. The highest BCUT2D eigenvalue weighted by Gasteiger charge is 2.09. The number of aliphatic hydroxyl groups is 1. The molecule has 0 unspecified atom stereocenters. The zero-order chi connectivity index (χ0) is 12.5. The standard InChI is InChI=1S/C14H11BrN2O/c15-12-6-5-11(9-18)14(7-12)17-13-4-2-1-3-10(13)8-16-17/h1-8,18H,9H2. The third-order valence-corrected chi connectivity index (χ3v) is 3.42. The summed E-state index contributed by atoms with van der Waals surface area (Å²) in [5.74, 6) is 0. The van der Waals surface area contributed by atoms with Gasteiger partial charge in [-0.05, 0) is 18.2 Å². The van der Waals surface area contributed by atoms with E-state index in [1.807, 2.05) is 53.3 Å². The van der Waals surface area contributed by atoms with E-state index in [2.05, 4.69) is 21.0 Å². The Kier molecular flexibility index (Phi) is 2.89. The highest BCUT2D eigenvalue weighted by molar-refractivity contribution is 9.10. The van der Waals surface area contributed by atoms with Crippen LogP contribution in [0.2, 0.25) is 0 Å². The van der Waals surface area contributed by atoms with Gasteiger partial charge in [0.1, 0.15) is 0 Å². The number of halogens is 1. The SMILES string of the molecule is OCc1ccc(Br)cc1-n1ncc2ccccc21. The van der Waals surface area contributed by atoms with Crippen LogP contribution >= 0.6 is 15.9 Å². The van der Waals surface area contributed by atoms with Crippen molar-refractivity contribution in [1.82, 2.24) is 9.78 Å². The van der Waals surface area contributed by atoms with Crippen LogP contribution < -0.4 is 0 Å². The Hall–Kier alpha value is -1.65. The van der Waals surface area contributed by atoms with Gasteiger partial charge in [-0.2, -0.15) is 5.10 Å². The fraction of sp³-hybridized carbons (Fsp3) is 0.0714. The Morgan fingerprint density at radius 2 is 2.00 bits per heavy atom. The molecule has 3 nitrogen and oxygen atoms in total. The van der Waals surface area contributed by atoms with E-state index < -0.39 is 0 Å². The molecule has 2 aromatic carbocycles. The highest BCUT2D eigenvalue weighted by Crippen LogP contribution is 2.24. The lowest BCUT2D eigenvalue weighted by atomic mass is 10.2. The molecule has 0 spiro atoms. The monoisotopic (exact) mass is 302 g/mol. The molecule has 90 valence electrons. The van der Waals surface area contributed by atoms with Crippen LogP contribution in [0.4, 0.5) is 0 Å². The van der Waals surface area contributed by atoms with Crippen LogP contribution in [-0.4, -0.2) is 14.9 Å². The van der Waals surface area contributed by atoms with Gasteiger partial charge in [-0.25, -0.2) is 4.68 Å². The summed E-state index contributed by atoms with van der Waals surface area (Å²) in [6.45, 7) is -0.00317. The second kappa shape index (κ2) is 4.55. The Morgan fingerprint density at radius 3 is 2.83 bits per heavy atom. The maximum absolute atomic E-state index is 9.42. The lowest BCUT2D eigenvalue weighted by Gasteiger charge is -2.09. The van der Waals surface area contributed by atoms with Gasteiger partial charge in [0.15, 0.2) is 0 Å². The van der Waals surface area contributed by atoms with Gasteiger partial charge < -0.3 is 5.11 Å². The number of benzene rings is 2. The lowest BCUT2D eigenvalue weighted by Crippen LogP contribution is -2.01. The summed E-state index contributed by atoms with van der Waals surface area (Å²) < 4.78 is 2.82. The second-order valence-electron chi connectivity index (χ2n) is 4.05. The quantitative estimate of drug-likeness (QED) is 0.789. The molecular weight excluding hydrogens is 292 g/mol. The summed E-state index contributed by atoms with van der Waals surface area (Å²) in [4.78, 5) is 0. The normalized spacial score (nSPS) is 11.0. The van der Waals surface area contributed by atoms with E-state index in [-0.39, 0.29) is 6.61 Å². The molecule has 0 aliphatic rings. The first kappa shape index (κ1) is 11.4. The molecule has 0 bridgehead atoms. The zero-order valence-electron chi connectivity index (χ0n) is 9.55. The van der Waals surface area contributed by atoms with Gasteiger partial charge in [-0.3, -0.25) is 0 Å². The fourth-order valence-electron chi connectivity index (χ4n) is 2.03. The van der Waals surface area contributed by atoms with Crippen molar-refractivity contribution in [3.8, 4) is 5.69 Å². The van der Waals surface area contributed by atoms with Crippen molar-refractivity contribution in [2.75, 3.05) is 0 Å². The van der Waals surface area contributed by atoms with E-state index in [0.29, 0.717) is 0 Å². The number of aliphatic hydroxyl groups excluding tert-OH is 1. The van der Waals surface area contributed by atoms with Gasteiger partial charge >= 0.3 is 0 Å². The van der Waals surface area contributed by atoms with E-state index >= 15 is 0 Å². The molecular formula is C14H11BrN2O. The Morgan fingerprint density at radius 1 is 1.17 bits per heavy atom. The highest BCUT2D eigenvalue weighted by atomic mass is 79.9. The molecule has 0 aliphatic carbocycles. The average Bonchev–Trinajstić information content (AvgIpc) is 2.82. The molecule has 18 heavy (non-hydrogen) atoms. The summed E-state index contributed by atoms with van der Waals surface area (Å²) in [5, 5.41) is 14.9. The molecule has 1 N–H and O–H groups in total. The number of rotatable bonds is 2. The first-order chi connectivity index (χ1) is 8.79. The van der Waals surface area contributed by atoms with Crippen LogP contribution in [0.1, 0.15) is 5.56 Å². The minimum atomic E-state index is -0.00317.